The number of aromatic nitrogens is 1. The summed E-state index contributed by atoms with van der Waals surface area (Å²) in [6.45, 7) is 10.3. The molecule has 0 aliphatic carbocycles. The minimum absolute atomic E-state index is 0.600. The van der Waals surface area contributed by atoms with Crippen molar-refractivity contribution in [3.63, 3.8) is 0 Å². The van der Waals surface area contributed by atoms with Crippen molar-refractivity contribution in [3.8, 4) is 0 Å². The zero-order valence-electron chi connectivity index (χ0n) is 12.7. The number of nitrogens with two attached hydrogens (primary N) is 1. The molecule has 3 heteroatoms. The van der Waals surface area contributed by atoms with Crippen LogP contribution < -0.4 is 5.73 Å². The number of benzene rings is 1. The van der Waals surface area contributed by atoms with Gasteiger partial charge in [0.25, 0.3) is 0 Å². The van der Waals surface area contributed by atoms with Gasteiger partial charge in [-0.05, 0) is 48.7 Å². The van der Waals surface area contributed by atoms with Gasteiger partial charge in [0.2, 0.25) is 0 Å². The Morgan fingerprint density at radius 2 is 2.10 bits per heavy atom. The number of rotatable bonds is 2. The molecule has 106 valence electrons. The van der Waals surface area contributed by atoms with E-state index in [4.69, 9.17) is 10.7 Å². The maximum Gasteiger partial charge on any atom is 0.0714 e. The summed E-state index contributed by atoms with van der Waals surface area (Å²) in [6, 6.07) is 4.42. The van der Waals surface area contributed by atoms with E-state index in [1.54, 1.807) is 0 Å². The van der Waals surface area contributed by atoms with E-state index in [9.17, 15) is 0 Å². The molecule has 1 aromatic heterocycles. The molecule has 0 spiro atoms. The van der Waals surface area contributed by atoms with E-state index in [0.29, 0.717) is 6.54 Å². The van der Waals surface area contributed by atoms with Gasteiger partial charge >= 0.3 is 0 Å². The molecule has 0 saturated carbocycles. The number of hydrogen-bond acceptors (Lipinski definition) is 3. The molecule has 2 aromatic rings. The molecule has 2 heterocycles. The number of likely N-dealkylation sites (N-methyl/N-ethyl adjacent to an activating group) is 1. The Bertz CT molecular complexity index is 661. The lowest BCUT2D eigenvalue weighted by atomic mass is 9.93. The van der Waals surface area contributed by atoms with Crippen LogP contribution in [0, 0.1) is 13.8 Å². The van der Waals surface area contributed by atoms with Crippen molar-refractivity contribution in [2.45, 2.75) is 40.3 Å². The van der Waals surface area contributed by atoms with Gasteiger partial charge in [0.05, 0.1) is 5.52 Å². The Kier molecular flexibility index (Phi) is 3.48. The highest BCUT2D eigenvalue weighted by molar-refractivity contribution is 5.87. The molecule has 0 saturated heterocycles. The minimum atomic E-state index is 0.600. The third kappa shape index (κ3) is 2.11. The fourth-order valence-corrected chi connectivity index (χ4v) is 3.42. The molecule has 0 unspecified atom stereocenters. The zero-order valence-corrected chi connectivity index (χ0v) is 12.7. The highest BCUT2D eigenvalue weighted by atomic mass is 15.1. The van der Waals surface area contributed by atoms with Crippen molar-refractivity contribution < 1.29 is 0 Å². The fourth-order valence-electron chi connectivity index (χ4n) is 3.42. The molecule has 0 fully saturated rings. The van der Waals surface area contributed by atoms with Gasteiger partial charge in [-0.1, -0.05) is 13.0 Å². The van der Waals surface area contributed by atoms with Crippen LogP contribution in [0.25, 0.3) is 10.9 Å². The van der Waals surface area contributed by atoms with Crippen LogP contribution in [0.5, 0.6) is 0 Å². The molecule has 20 heavy (non-hydrogen) atoms. The quantitative estimate of drug-likeness (QED) is 0.911. The van der Waals surface area contributed by atoms with Crippen LogP contribution in [0.4, 0.5) is 0 Å². The standard InChI is InChI=1S/C17H23N3/c1-4-20-6-5-15-14(10-20)13(9-18)17-12(3)7-11(2)8-16(17)19-15/h7-8H,4-6,9-10,18H2,1-3H3. The lowest BCUT2D eigenvalue weighted by molar-refractivity contribution is 0.265. The molecule has 2 N–H and O–H groups in total. The van der Waals surface area contributed by atoms with Gasteiger partial charge < -0.3 is 5.73 Å². The third-order valence-electron chi connectivity index (χ3n) is 4.43. The molecule has 3 rings (SSSR count). The maximum atomic E-state index is 6.09. The van der Waals surface area contributed by atoms with E-state index >= 15 is 0 Å². The molecule has 0 amide bonds. The van der Waals surface area contributed by atoms with E-state index < -0.39 is 0 Å². The summed E-state index contributed by atoms with van der Waals surface area (Å²) in [5.74, 6) is 0. The first-order chi connectivity index (χ1) is 9.63. The van der Waals surface area contributed by atoms with Gasteiger partial charge in [-0.3, -0.25) is 9.88 Å². The summed E-state index contributed by atoms with van der Waals surface area (Å²) in [5, 5.41) is 1.27. The van der Waals surface area contributed by atoms with Gasteiger partial charge in [0.15, 0.2) is 0 Å². The van der Waals surface area contributed by atoms with Crippen molar-refractivity contribution in [3.05, 3.63) is 40.1 Å². The van der Waals surface area contributed by atoms with Crippen molar-refractivity contribution in [1.29, 1.82) is 0 Å². The highest BCUT2D eigenvalue weighted by Gasteiger charge is 2.21. The van der Waals surface area contributed by atoms with Crippen LogP contribution in [0.15, 0.2) is 12.1 Å². The van der Waals surface area contributed by atoms with Crippen molar-refractivity contribution in [1.82, 2.24) is 9.88 Å². The summed E-state index contributed by atoms with van der Waals surface area (Å²) in [7, 11) is 0. The Morgan fingerprint density at radius 1 is 1.30 bits per heavy atom. The molecule has 1 aromatic carbocycles. The van der Waals surface area contributed by atoms with Gasteiger partial charge in [0.1, 0.15) is 0 Å². The van der Waals surface area contributed by atoms with Crippen molar-refractivity contribution >= 4 is 10.9 Å². The monoisotopic (exact) mass is 269 g/mol. The van der Waals surface area contributed by atoms with Crippen LogP contribution >= 0.6 is 0 Å². The van der Waals surface area contributed by atoms with Gasteiger partial charge in [-0.25, -0.2) is 0 Å². The second-order valence-corrected chi connectivity index (χ2v) is 5.81. The van der Waals surface area contributed by atoms with Crippen LogP contribution in [0.2, 0.25) is 0 Å². The molecular weight excluding hydrogens is 246 g/mol. The van der Waals surface area contributed by atoms with Crippen molar-refractivity contribution in [2.24, 2.45) is 5.73 Å². The third-order valence-corrected chi connectivity index (χ3v) is 4.43. The van der Waals surface area contributed by atoms with E-state index in [1.807, 2.05) is 0 Å². The van der Waals surface area contributed by atoms with E-state index in [-0.39, 0.29) is 0 Å². The first kappa shape index (κ1) is 13.5. The van der Waals surface area contributed by atoms with Gasteiger partial charge in [-0.2, -0.15) is 0 Å². The van der Waals surface area contributed by atoms with Crippen LogP contribution in [0.1, 0.15) is 34.9 Å². The average molecular weight is 269 g/mol. The largest absolute Gasteiger partial charge is 0.326 e. The molecule has 1 aliphatic heterocycles. The summed E-state index contributed by atoms with van der Waals surface area (Å²) in [5.41, 5.74) is 13.7. The lowest BCUT2D eigenvalue weighted by Crippen LogP contribution is -2.32. The Balaban J connectivity index is 2.28. The summed E-state index contributed by atoms with van der Waals surface area (Å²) >= 11 is 0. The van der Waals surface area contributed by atoms with Crippen LogP contribution in [-0.4, -0.2) is 23.0 Å². The van der Waals surface area contributed by atoms with E-state index in [1.165, 1.54) is 33.3 Å². The SMILES string of the molecule is CCN1CCc2nc3cc(C)cc(C)c3c(CN)c2C1. The van der Waals surface area contributed by atoms with Crippen LogP contribution in [0.3, 0.4) is 0 Å². The van der Waals surface area contributed by atoms with Crippen molar-refractivity contribution in [2.75, 3.05) is 13.1 Å². The molecule has 0 bridgehead atoms. The normalized spacial score (nSPS) is 15.6. The van der Waals surface area contributed by atoms with E-state index in [2.05, 4.69) is 37.8 Å². The van der Waals surface area contributed by atoms with E-state index in [0.717, 1.165) is 31.6 Å². The number of fused-ring (bicyclic) bond motifs is 2. The molecular formula is C17H23N3. The molecule has 3 nitrogen and oxygen atoms in total. The van der Waals surface area contributed by atoms with Crippen LogP contribution in [-0.2, 0) is 19.5 Å². The first-order valence-corrected chi connectivity index (χ1v) is 7.48. The second-order valence-electron chi connectivity index (χ2n) is 5.81. The second kappa shape index (κ2) is 5.15. The topological polar surface area (TPSA) is 42.2 Å². The Morgan fingerprint density at radius 3 is 2.80 bits per heavy atom. The minimum Gasteiger partial charge on any atom is -0.326 e. The molecule has 1 aliphatic rings. The average Bonchev–Trinajstić information content (AvgIpc) is 2.44. The Hall–Kier alpha value is -1.45. The number of nitrogens with zero attached hydrogens (tertiary/aromatic N) is 2. The summed E-state index contributed by atoms with van der Waals surface area (Å²) < 4.78 is 0. The molecule has 0 atom stereocenters. The maximum absolute atomic E-state index is 6.09. The van der Waals surface area contributed by atoms with Gasteiger partial charge in [-0.15, -0.1) is 0 Å². The van der Waals surface area contributed by atoms with Gasteiger partial charge in [0, 0.05) is 37.1 Å². The Labute approximate surface area is 120 Å². The highest BCUT2D eigenvalue weighted by Crippen LogP contribution is 2.30. The predicted molar refractivity (Wildman–Crippen MR) is 83.8 cm³/mol. The number of aryl methyl sites for hydroxylation is 2. The summed E-state index contributed by atoms with van der Waals surface area (Å²) in [6.07, 6.45) is 1.04. The predicted octanol–water partition coefficient (Wildman–Crippen LogP) is 2.69. The molecule has 0 radical (unpaired) electrons. The smallest absolute Gasteiger partial charge is 0.0714 e. The fraction of sp³-hybridized carbons (Fsp3) is 0.471. The first-order valence-electron chi connectivity index (χ1n) is 7.48. The summed E-state index contributed by atoms with van der Waals surface area (Å²) in [4.78, 5) is 7.40. The number of pyridine rings is 1. The lowest BCUT2D eigenvalue weighted by Gasteiger charge is -2.29. The number of hydrogen-bond donors (Lipinski definition) is 1. The zero-order chi connectivity index (χ0) is 14.3.